The Morgan fingerprint density at radius 3 is 2.44 bits per heavy atom. The number of benzene rings is 3. The lowest BCUT2D eigenvalue weighted by molar-refractivity contribution is -0.119. The third kappa shape index (κ3) is 6.53. The number of amides is 3. The van der Waals surface area contributed by atoms with Gasteiger partial charge < -0.3 is 20.0 Å². The van der Waals surface area contributed by atoms with E-state index in [4.69, 9.17) is 4.42 Å². The number of hydrogen-bond acceptors (Lipinski definition) is 6. The Hall–Kier alpha value is -4.78. The average Bonchev–Trinajstić information content (AvgIpc) is 3.62. The van der Waals surface area contributed by atoms with E-state index in [9.17, 15) is 31.6 Å². The fourth-order valence-corrected chi connectivity index (χ4v) is 6.53. The number of fused-ring (bicyclic) bond motifs is 1. The van der Waals surface area contributed by atoms with Crippen molar-refractivity contribution in [2.75, 3.05) is 43.9 Å². The fraction of sp³-hybridized carbons (Fsp3) is 0.281. The third-order valence-corrected chi connectivity index (χ3v) is 8.81. The number of likely N-dealkylation sites (tertiary alicyclic amines) is 1. The van der Waals surface area contributed by atoms with Crippen LogP contribution in [0.4, 0.5) is 14.5 Å². The molecule has 0 saturated carbocycles. The highest BCUT2D eigenvalue weighted by Gasteiger charge is 2.30. The lowest BCUT2D eigenvalue weighted by Crippen LogP contribution is -2.37. The van der Waals surface area contributed by atoms with Crippen LogP contribution in [0.1, 0.15) is 34.1 Å². The van der Waals surface area contributed by atoms with Crippen molar-refractivity contribution < 1.29 is 36.0 Å². The second-order valence-corrected chi connectivity index (χ2v) is 12.7. The van der Waals surface area contributed by atoms with E-state index >= 15 is 0 Å². The van der Waals surface area contributed by atoms with E-state index in [-0.39, 0.29) is 40.5 Å². The van der Waals surface area contributed by atoms with Crippen LogP contribution in [0.15, 0.2) is 65.1 Å². The molecule has 1 aliphatic rings. The molecule has 0 bridgehead atoms. The van der Waals surface area contributed by atoms with Crippen LogP contribution in [0.5, 0.6) is 0 Å². The van der Waals surface area contributed by atoms with E-state index < -0.39 is 35.0 Å². The van der Waals surface area contributed by atoms with E-state index in [1.54, 1.807) is 35.2 Å². The van der Waals surface area contributed by atoms with Gasteiger partial charge in [-0.05, 0) is 54.4 Å². The molecule has 1 aromatic heterocycles. The summed E-state index contributed by atoms with van der Waals surface area (Å²) in [5.41, 5.74) is 1.85. The van der Waals surface area contributed by atoms with Gasteiger partial charge in [-0.3, -0.25) is 18.7 Å². The molecule has 5 rings (SSSR count). The highest BCUT2D eigenvalue weighted by Crippen LogP contribution is 2.42. The van der Waals surface area contributed by atoms with Gasteiger partial charge >= 0.3 is 0 Å². The fourth-order valence-electron chi connectivity index (χ4n) is 5.62. The van der Waals surface area contributed by atoms with Crippen molar-refractivity contribution in [3.05, 3.63) is 77.6 Å². The minimum Gasteiger partial charge on any atom is -0.455 e. The molecular formula is C32H32F2N4O6S. The van der Waals surface area contributed by atoms with E-state index in [0.717, 1.165) is 10.6 Å². The number of nitrogens with one attached hydrogen (secondary N) is 2. The smallest absolute Gasteiger partial charge is 0.255 e. The molecule has 1 saturated heterocycles. The molecule has 2 heterocycles. The number of rotatable bonds is 9. The first-order chi connectivity index (χ1) is 21.4. The summed E-state index contributed by atoms with van der Waals surface area (Å²) in [4.78, 5) is 39.8. The summed E-state index contributed by atoms with van der Waals surface area (Å²) in [5, 5.41) is 5.74. The maximum atomic E-state index is 13.7. The lowest BCUT2D eigenvalue weighted by atomic mass is 9.97. The predicted octanol–water partition coefficient (Wildman–Crippen LogP) is 4.35. The van der Waals surface area contributed by atoms with Crippen LogP contribution in [-0.4, -0.2) is 76.7 Å². The Labute approximate surface area is 259 Å². The molecule has 1 unspecified atom stereocenters. The van der Waals surface area contributed by atoms with Gasteiger partial charge in [-0.1, -0.05) is 12.1 Å². The predicted molar refractivity (Wildman–Crippen MR) is 167 cm³/mol. The topological polar surface area (TPSA) is 129 Å². The standard InChI is InChI=1S/C32H32F2N4O6S/c1-19(39)36-24-11-13-37(18-24)32(41)22-6-4-5-21(15-22)25-16-26-28(17-27(25)38(14-12-33)45(3,42)43)44-30(29(26)31(40)35-2)20-7-9-23(34)10-8-20/h4-10,15-17,24H,11-14,18H2,1-3H3,(H,35,40)(H,36,39). The lowest BCUT2D eigenvalue weighted by Gasteiger charge is -2.24. The Morgan fingerprint density at radius 1 is 1.07 bits per heavy atom. The maximum absolute atomic E-state index is 13.7. The van der Waals surface area contributed by atoms with Gasteiger partial charge in [0.25, 0.3) is 11.8 Å². The highest BCUT2D eigenvalue weighted by atomic mass is 32.2. The van der Waals surface area contributed by atoms with Crippen LogP contribution in [0, 0.1) is 5.82 Å². The molecule has 0 aliphatic carbocycles. The summed E-state index contributed by atoms with van der Waals surface area (Å²) in [5.74, 6) is -1.30. The maximum Gasteiger partial charge on any atom is 0.255 e. The van der Waals surface area contributed by atoms with Crippen LogP contribution >= 0.6 is 0 Å². The molecule has 1 aliphatic heterocycles. The van der Waals surface area contributed by atoms with E-state index in [1.165, 1.54) is 44.3 Å². The molecule has 10 nitrogen and oxygen atoms in total. The van der Waals surface area contributed by atoms with Crippen molar-refractivity contribution >= 4 is 44.4 Å². The molecule has 1 fully saturated rings. The SMILES string of the molecule is CNC(=O)c1c(-c2ccc(F)cc2)oc2cc(N(CCF)S(C)(=O)=O)c(-c3cccc(C(=O)N4CCC(NC(C)=O)C4)c3)cc12. The van der Waals surface area contributed by atoms with Crippen LogP contribution in [0.3, 0.4) is 0 Å². The number of anilines is 1. The molecule has 4 aromatic rings. The average molecular weight is 639 g/mol. The second-order valence-electron chi connectivity index (χ2n) is 10.8. The van der Waals surface area contributed by atoms with Gasteiger partial charge in [-0.15, -0.1) is 0 Å². The largest absolute Gasteiger partial charge is 0.455 e. The van der Waals surface area contributed by atoms with Crippen molar-refractivity contribution in [1.29, 1.82) is 0 Å². The Balaban J connectivity index is 1.69. The molecule has 0 spiro atoms. The third-order valence-electron chi connectivity index (χ3n) is 7.63. The van der Waals surface area contributed by atoms with Gasteiger partial charge in [0.15, 0.2) is 0 Å². The Kier molecular flexibility index (Phi) is 8.91. The number of nitrogens with zero attached hydrogens (tertiary/aromatic N) is 2. The number of carbonyl (C=O) groups is 3. The first-order valence-electron chi connectivity index (χ1n) is 14.2. The molecule has 0 radical (unpaired) electrons. The van der Waals surface area contributed by atoms with Crippen molar-refractivity contribution in [3.8, 4) is 22.5 Å². The minimum absolute atomic E-state index is 0.0852. The molecular weight excluding hydrogens is 606 g/mol. The molecule has 45 heavy (non-hydrogen) atoms. The van der Waals surface area contributed by atoms with Crippen molar-refractivity contribution in [1.82, 2.24) is 15.5 Å². The number of furan rings is 1. The zero-order valence-electron chi connectivity index (χ0n) is 24.9. The molecule has 236 valence electrons. The van der Waals surface area contributed by atoms with E-state index in [1.807, 2.05) is 0 Å². The molecule has 2 N–H and O–H groups in total. The zero-order valence-corrected chi connectivity index (χ0v) is 25.7. The second kappa shape index (κ2) is 12.7. The number of hydrogen-bond donors (Lipinski definition) is 2. The van der Waals surface area contributed by atoms with Crippen LogP contribution in [0.25, 0.3) is 33.4 Å². The summed E-state index contributed by atoms with van der Waals surface area (Å²) < 4.78 is 60.3. The zero-order chi connectivity index (χ0) is 32.5. The van der Waals surface area contributed by atoms with Crippen molar-refractivity contribution in [2.45, 2.75) is 19.4 Å². The van der Waals surface area contributed by atoms with E-state index in [2.05, 4.69) is 10.6 Å². The Morgan fingerprint density at radius 2 is 1.80 bits per heavy atom. The van der Waals surface area contributed by atoms with Gasteiger partial charge in [0.2, 0.25) is 15.9 Å². The highest BCUT2D eigenvalue weighted by molar-refractivity contribution is 7.92. The van der Waals surface area contributed by atoms with Crippen LogP contribution in [-0.2, 0) is 14.8 Å². The minimum atomic E-state index is -4.00. The van der Waals surface area contributed by atoms with Gasteiger partial charge in [0.05, 0.1) is 24.1 Å². The number of halogens is 2. The monoisotopic (exact) mass is 638 g/mol. The first-order valence-corrected chi connectivity index (χ1v) is 16.0. The van der Waals surface area contributed by atoms with Gasteiger partial charge in [0, 0.05) is 61.2 Å². The van der Waals surface area contributed by atoms with Gasteiger partial charge in [-0.25, -0.2) is 17.2 Å². The summed E-state index contributed by atoms with van der Waals surface area (Å²) in [6.45, 7) is 0.746. The van der Waals surface area contributed by atoms with Crippen molar-refractivity contribution in [3.63, 3.8) is 0 Å². The number of alkyl halides is 1. The summed E-state index contributed by atoms with van der Waals surface area (Å²) in [7, 11) is -2.55. The first kappa shape index (κ1) is 31.6. The quantitative estimate of drug-likeness (QED) is 0.281. The number of sulfonamides is 1. The van der Waals surface area contributed by atoms with Crippen LogP contribution in [0.2, 0.25) is 0 Å². The molecule has 13 heteroatoms. The molecule has 1 atom stereocenters. The van der Waals surface area contributed by atoms with Crippen LogP contribution < -0.4 is 14.9 Å². The summed E-state index contributed by atoms with van der Waals surface area (Å²) in [6.07, 6.45) is 1.56. The van der Waals surface area contributed by atoms with E-state index in [0.29, 0.717) is 47.2 Å². The molecule has 3 aromatic carbocycles. The number of carbonyl (C=O) groups excluding carboxylic acids is 3. The molecule has 3 amide bonds. The summed E-state index contributed by atoms with van der Waals surface area (Å²) in [6, 6.07) is 14.8. The van der Waals surface area contributed by atoms with Gasteiger partial charge in [-0.2, -0.15) is 0 Å². The Bertz CT molecular complexity index is 1890. The summed E-state index contributed by atoms with van der Waals surface area (Å²) >= 11 is 0. The normalized spacial score (nSPS) is 14.9. The van der Waals surface area contributed by atoms with Crippen molar-refractivity contribution in [2.24, 2.45) is 0 Å². The van der Waals surface area contributed by atoms with Gasteiger partial charge in [0.1, 0.15) is 23.8 Å².